The first-order chi connectivity index (χ1) is 20.2. The molecule has 1 aliphatic rings. The summed E-state index contributed by atoms with van der Waals surface area (Å²) in [6, 6.07) is 15.9. The van der Waals surface area contributed by atoms with Crippen molar-refractivity contribution in [3.63, 3.8) is 0 Å². The zero-order chi connectivity index (χ0) is 30.3. The van der Waals surface area contributed by atoms with Gasteiger partial charge < -0.3 is 27.0 Å². The lowest BCUT2D eigenvalue weighted by molar-refractivity contribution is -0.134. The van der Waals surface area contributed by atoms with Crippen molar-refractivity contribution in [3.05, 3.63) is 71.8 Å². The third kappa shape index (κ3) is 11.3. The van der Waals surface area contributed by atoms with E-state index in [1.54, 1.807) is 6.92 Å². The fraction of sp³-hybridized carbons (Fsp3) is 0.469. The van der Waals surface area contributed by atoms with E-state index >= 15 is 0 Å². The van der Waals surface area contributed by atoms with Gasteiger partial charge in [0.15, 0.2) is 0 Å². The number of hydrogen-bond acceptors (Lipinski definition) is 5. The Hall–Kier alpha value is -4.21. The number of benzene rings is 2. The summed E-state index contributed by atoms with van der Waals surface area (Å²) in [5.74, 6) is -2.33. The van der Waals surface area contributed by atoms with Crippen LogP contribution in [-0.4, -0.2) is 53.7 Å². The molecule has 226 valence electrons. The minimum absolute atomic E-state index is 0.0189. The molecular weight excluding hydrogens is 534 g/mol. The van der Waals surface area contributed by atoms with Crippen LogP contribution in [0.5, 0.6) is 0 Å². The Bertz CT molecular complexity index is 1180. The molecule has 0 heterocycles. The van der Waals surface area contributed by atoms with Crippen molar-refractivity contribution < 1.29 is 24.0 Å². The second-order valence-electron chi connectivity index (χ2n) is 10.9. The smallest absolute Gasteiger partial charge is 0.243 e. The van der Waals surface area contributed by atoms with Crippen LogP contribution in [0.4, 0.5) is 0 Å². The zero-order valence-corrected chi connectivity index (χ0v) is 24.3. The largest absolute Gasteiger partial charge is 0.370 e. The predicted molar refractivity (Wildman–Crippen MR) is 160 cm³/mol. The number of carbonyl (C=O) groups is 5. The van der Waals surface area contributed by atoms with Crippen molar-refractivity contribution in [1.82, 2.24) is 21.3 Å². The van der Waals surface area contributed by atoms with E-state index in [9.17, 15) is 24.0 Å². The van der Waals surface area contributed by atoms with Crippen LogP contribution in [0.15, 0.2) is 60.7 Å². The topological polar surface area (TPSA) is 159 Å². The van der Waals surface area contributed by atoms with Gasteiger partial charge in [0.05, 0.1) is 0 Å². The second kappa shape index (κ2) is 16.9. The van der Waals surface area contributed by atoms with Crippen LogP contribution in [0, 0.1) is 0 Å². The van der Waals surface area contributed by atoms with Gasteiger partial charge in [-0.25, -0.2) is 0 Å². The summed E-state index contributed by atoms with van der Waals surface area (Å²) in [5, 5.41) is 11.2. The molecule has 0 saturated heterocycles. The van der Waals surface area contributed by atoms with Crippen LogP contribution in [0.3, 0.4) is 0 Å². The summed E-state index contributed by atoms with van der Waals surface area (Å²) in [4.78, 5) is 63.8. The predicted octanol–water partition coefficient (Wildman–Crippen LogP) is 2.05. The van der Waals surface area contributed by atoms with E-state index in [0.717, 1.165) is 43.2 Å². The van der Waals surface area contributed by atoms with E-state index < -0.39 is 35.8 Å². The first-order valence-electron chi connectivity index (χ1n) is 14.8. The summed E-state index contributed by atoms with van der Waals surface area (Å²) < 4.78 is 0. The average Bonchev–Trinajstić information content (AvgIpc) is 2.99. The maximum absolute atomic E-state index is 13.5. The van der Waals surface area contributed by atoms with E-state index in [1.807, 2.05) is 60.7 Å². The lowest BCUT2D eigenvalue weighted by Crippen LogP contribution is -2.57. The van der Waals surface area contributed by atoms with Crippen molar-refractivity contribution in [1.29, 1.82) is 0 Å². The maximum Gasteiger partial charge on any atom is 0.243 e. The molecular formula is C32H43N5O5. The number of aryl methyl sites for hydroxylation is 1. The van der Waals surface area contributed by atoms with E-state index in [2.05, 4.69) is 21.3 Å². The molecule has 10 heteroatoms. The lowest BCUT2D eigenvalue weighted by Gasteiger charge is -2.27. The zero-order valence-electron chi connectivity index (χ0n) is 24.3. The summed E-state index contributed by atoms with van der Waals surface area (Å²) in [6.07, 6.45) is 5.78. The molecule has 1 fully saturated rings. The molecule has 42 heavy (non-hydrogen) atoms. The van der Waals surface area contributed by atoms with Gasteiger partial charge in [-0.3, -0.25) is 24.0 Å². The Morgan fingerprint density at radius 3 is 1.95 bits per heavy atom. The Kier molecular flexibility index (Phi) is 13.0. The number of nitrogens with one attached hydrogen (secondary N) is 4. The molecule has 0 spiro atoms. The Morgan fingerprint density at radius 2 is 1.33 bits per heavy atom. The van der Waals surface area contributed by atoms with Gasteiger partial charge in [0.25, 0.3) is 0 Å². The normalized spacial score (nSPS) is 15.5. The quantitative estimate of drug-likeness (QED) is 0.219. The second-order valence-corrected chi connectivity index (χ2v) is 10.9. The molecule has 0 aliphatic heterocycles. The number of nitrogens with two attached hydrogens (primary N) is 1. The summed E-state index contributed by atoms with van der Waals surface area (Å²) >= 11 is 0. The first kappa shape index (κ1) is 32.3. The fourth-order valence-electron chi connectivity index (χ4n) is 5.01. The molecule has 3 atom stereocenters. The number of primary amides is 1. The van der Waals surface area contributed by atoms with E-state index in [-0.39, 0.29) is 43.5 Å². The number of rotatable bonds is 15. The Labute approximate surface area is 247 Å². The van der Waals surface area contributed by atoms with Crippen LogP contribution in [0.1, 0.15) is 69.4 Å². The van der Waals surface area contributed by atoms with Crippen molar-refractivity contribution in [2.24, 2.45) is 5.73 Å². The maximum atomic E-state index is 13.5. The van der Waals surface area contributed by atoms with Crippen molar-refractivity contribution in [2.45, 2.75) is 95.3 Å². The highest BCUT2D eigenvalue weighted by Crippen LogP contribution is 2.17. The van der Waals surface area contributed by atoms with Gasteiger partial charge >= 0.3 is 0 Å². The average molecular weight is 578 g/mol. The third-order valence-corrected chi connectivity index (χ3v) is 7.43. The van der Waals surface area contributed by atoms with Gasteiger partial charge in [-0.05, 0) is 43.7 Å². The molecule has 2 aromatic rings. The van der Waals surface area contributed by atoms with Gasteiger partial charge in [0.2, 0.25) is 29.5 Å². The summed E-state index contributed by atoms with van der Waals surface area (Å²) in [7, 11) is 0. The van der Waals surface area contributed by atoms with E-state index in [0.29, 0.717) is 6.42 Å². The number of hydrogen-bond donors (Lipinski definition) is 5. The monoisotopic (exact) mass is 577 g/mol. The molecule has 6 N–H and O–H groups in total. The molecule has 0 bridgehead atoms. The van der Waals surface area contributed by atoms with Gasteiger partial charge in [-0.1, -0.05) is 79.9 Å². The number of amides is 5. The molecule has 2 aromatic carbocycles. The number of carbonyl (C=O) groups excluding carboxylic acids is 5. The van der Waals surface area contributed by atoms with Gasteiger partial charge in [-0.15, -0.1) is 0 Å². The molecule has 10 nitrogen and oxygen atoms in total. The van der Waals surface area contributed by atoms with Crippen molar-refractivity contribution in [3.8, 4) is 0 Å². The molecule has 3 rings (SSSR count). The Morgan fingerprint density at radius 1 is 0.738 bits per heavy atom. The van der Waals surface area contributed by atoms with Crippen LogP contribution in [-0.2, 0) is 36.8 Å². The first-order valence-corrected chi connectivity index (χ1v) is 14.8. The molecule has 0 aromatic heterocycles. The van der Waals surface area contributed by atoms with E-state index in [4.69, 9.17) is 5.73 Å². The minimum Gasteiger partial charge on any atom is -0.370 e. The van der Waals surface area contributed by atoms with E-state index in [1.165, 1.54) is 0 Å². The highest BCUT2D eigenvalue weighted by molar-refractivity contribution is 5.94. The fourth-order valence-corrected chi connectivity index (χ4v) is 5.01. The molecule has 5 amide bonds. The van der Waals surface area contributed by atoms with Crippen molar-refractivity contribution >= 4 is 29.5 Å². The van der Waals surface area contributed by atoms with Crippen LogP contribution in [0.2, 0.25) is 0 Å². The van der Waals surface area contributed by atoms with Gasteiger partial charge in [-0.2, -0.15) is 0 Å². The molecule has 1 saturated carbocycles. The molecule has 0 unspecified atom stereocenters. The van der Waals surface area contributed by atoms with Gasteiger partial charge in [0.1, 0.15) is 18.1 Å². The summed E-state index contributed by atoms with van der Waals surface area (Å²) in [5.41, 5.74) is 7.16. The lowest BCUT2D eigenvalue weighted by atomic mass is 9.95. The van der Waals surface area contributed by atoms with Crippen LogP contribution in [0.25, 0.3) is 0 Å². The molecule has 1 aliphatic carbocycles. The Balaban J connectivity index is 1.65. The molecule has 0 radical (unpaired) electrons. The SMILES string of the molecule is C[C@@H](NC(=O)CCc1ccccc1)C(=O)N[C@@H](Cc1ccccc1)C(=O)N[C@@H](CCC(N)=O)C(=O)NC1CCCCC1. The van der Waals surface area contributed by atoms with Crippen molar-refractivity contribution in [2.75, 3.05) is 0 Å². The van der Waals surface area contributed by atoms with Gasteiger partial charge in [0, 0.05) is 25.3 Å². The minimum atomic E-state index is -1.03. The summed E-state index contributed by atoms with van der Waals surface area (Å²) in [6.45, 7) is 1.56. The highest BCUT2D eigenvalue weighted by Gasteiger charge is 2.30. The standard InChI is InChI=1S/C32H43N5O5/c1-22(34-29(39)20-17-23-11-5-2-6-12-23)30(40)37-27(21-24-13-7-3-8-14-24)32(42)36-26(18-19-28(33)38)31(41)35-25-15-9-4-10-16-25/h2-3,5-8,11-14,22,25-27H,4,9-10,15-21H2,1H3,(H2,33,38)(H,34,39)(H,35,41)(H,36,42)(H,37,40)/t22-,26+,27+/m1/s1. The highest BCUT2D eigenvalue weighted by atomic mass is 16.2. The van der Waals surface area contributed by atoms with Crippen LogP contribution >= 0.6 is 0 Å². The van der Waals surface area contributed by atoms with Crippen LogP contribution < -0.4 is 27.0 Å². The third-order valence-electron chi connectivity index (χ3n) is 7.43.